The molecule has 0 bridgehead atoms. The first kappa shape index (κ1) is 12.7. The van der Waals surface area contributed by atoms with Crippen LogP contribution in [0.1, 0.15) is 23.1 Å². The first-order valence-electron chi connectivity index (χ1n) is 4.17. The predicted octanol–water partition coefficient (Wildman–Crippen LogP) is 3.36. The molecule has 0 amide bonds. The SMILES string of the molecule is COc1ncc(C(F)(F)F)c(C)c1C(F)F. The van der Waals surface area contributed by atoms with Crippen LogP contribution in [-0.4, -0.2) is 12.1 Å². The third-order valence-electron chi connectivity index (χ3n) is 2.07. The van der Waals surface area contributed by atoms with Crippen LogP contribution >= 0.6 is 0 Å². The molecule has 16 heavy (non-hydrogen) atoms. The summed E-state index contributed by atoms with van der Waals surface area (Å²) in [5, 5.41) is 0. The highest BCUT2D eigenvalue weighted by Gasteiger charge is 2.36. The first-order valence-corrected chi connectivity index (χ1v) is 4.17. The highest BCUT2D eigenvalue weighted by Crippen LogP contribution is 2.38. The van der Waals surface area contributed by atoms with Gasteiger partial charge in [-0.3, -0.25) is 0 Å². The molecule has 90 valence electrons. The van der Waals surface area contributed by atoms with Crippen molar-refractivity contribution in [3.8, 4) is 5.88 Å². The van der Waals surface area contributed by atoms with Crippen molar-refractivity contribution in [3.63, 3.8) is 0 Å². The summed E-state index contributed by atoms with van der Waals surface area (Å²) in [5.74, 6) is -0.486. The minimum atomic E-state index is -4.70. The van der Waals surface area contributed by atoms with E-state index in [-0.39, 0.29) is 0 Å². The normalized spacial score (nSPS) is 12.0. The van der Waals surface area contributed by atoms with Crippen LogP contribution in [0.25, 0.3) is 0 Å². The maximum Gasteiger partial charge on any atom is 0.418 e. The van der Waals surface area contributed by atoms with Gasteiger partial charge in [-0.1, -0.05) is 0 Å². The van der Waals surface area contributed by atoms with Crippen molar-refractivity contribution in [1.82, 2.24) is 4.98 Å². The number of pyridine rings is 1. The smallest absolute Gasteiger partial charge is 0.418 e. The number of nitrogens with zero attached hydrogens (tertiary/aromatic N) is 1. The molecule has 0 fully saturated rings. The van der Waals surface area contributed by atoms with Gasteiger partial charge in [0.15, 0.2) is 0 Å². The second-order valence-electron chi connectivity index (χ2n) is 3.02. The molecular formula is C9H8F5NO. The van der Waals surface area contributed by atoms with Crippen LogP contribution in [0.3, 0.4) is 0 Å². The lowest BCUT2D eigenvalue weighted by Gasteiger charge is -2.15. The Labute approximate surface area is 88.1 Å². The Bertz CT molecular complexity index is 388. The lowest BCUT2D eigenvalue weighted by atomic mass is 10.1. The fraction of sp³-hybridized carbons (Fsp3) is 0.444. The number of aromatic nitrogens is 1. The first-order chi connectivity index (χ1) is 7.29. The molecule has 0 saturated carbocycles. The zero-order valence-corrected chi connectivity index (χ0v) is 8.40. The Morgan fingerprint density at radius 2 is 1.88 bits per heavy atom. The Kier molecular flexibility index (Phi) is 3.35. The number of hydrogen-bond acceptors (Lipinski definition) is 2. The van der Waals surface area contributed by atoms with Crippen molar-refractivity contribution in [2.45, 2.75) is 19.5 Å². The van der Waals surface area contributed by atoms with E-state index in [9.17, 15) is 22.0 Å². The molecule has 7 heteroatoms. The second kappa shape index (κ2) is 4.23. The van der Waals surface area contributed by atoms with E-state index in [0.29, 0.717) is 6.20 Å². The molecule has 2 nitrogen and oxygen atoms in total. The van der Waals surface area contributed by atoms with Crippen molar-refractivity contribution < 1.29 is 26.7 Å². The molecule has 0 radical (unpaired) electrons. The zero-order chi connectivity index (χ0) is 12.5. The van der Waals surface area contributed by atoms with Gasteiger partial charge in [0.1, 0.15) is 0 Å². The molecule has 0 aliphatic heterocycles. The van der Waals surface area contributed by atoms with Gasteiger partial charge >= 0.3 is 6.18 Å². The Hall–Kier alpha value is -1.40. The van der Waals surface area contributed by atoms with E-state index < -0.39 is 35.2 Å². The molecule has 0 aliphatic rings. The van der Waals surface area contributed by atoms with Gasteiger partial charge in [-0.05, 0) is 12.5 Å². The summed E-state index contributed by atoms with van der Waals surface area (Å²) in [4.78, 5) is 3.22. The molecule has 0 saturated heterocycles. The highest BCUT2D eigenvalue weighted by molar-refractivity contribution is 5.41. The van der Waals surface area contributed by atoms with Gasteiger partial charge in [0.2, 0.25) is 5.88 Å². The Morgan fingerprint density at radius 3 is 2.25 bits per heavy atom. The van der Waals surface area contributed by atoms with Gasteiger partial charge in [-0.25, -0.2) is 13.8 Å². The third-order valence-corrected chi connectivity index (χ3v) is 2.07. The lowest BCUT2D eigenvalue weighted by Crippen LogP contribution is -2.11. The number of rotatable bonds is 2. The summed E-state index contributed by atoms with van der Waals surface area (Å²) in [7, 11) is 1.07. The Balaban J connectivity index is 3.44. The number of halogens is 5. The Morgan fingerprint density at radius 1 is 1.31 bits per heavy atom. The van der Waals surface area contributed by atoms with Gasteiger partial charge < -0.3 is 4.74 Å². The van der Waals surface area contributed by atoms with Gasteiger partial charge in [0, 0.05) is 6.20 Å². The van der Waals surface area contributed by atoms with Crippen LogP contribution in [0.2, 0.25) is 0 Å². The summed E-state index contributed by atoms with van der Waals surface area (Å²) in [6.07, 6.45) is -7.28. The van der Waals surface area contributed by atoms with Crippen LogP contribution in [0, 0.1) is 6.92 Å². The quantitative estimate of drug-likeness (QED) is 0.740. The monoisotopic (exact) mass is 241 g/mol. The molecule has 1 aromatic rings. The third kappa shape index (κ3) is 2.23. The average molecular weight is 241 g/mol. The predicted molar refractivity (Wildman–Crippen MR) is 45.5 cm³/mol. The van der Waals surface area contributed by atoms with E-state index in [0.717, 1.165) is 14.0 Å². The molecule has 0 aliphatic carbocycles. The molecule has 1 aromatic heterocycles. The average Bonchev–Trinajstić information content (AvgIpc) is 2.14. The summed E-state index contributed by atoms with van der Waals surface area (Å²) in [6, 6.07) is 0. The minimum Gasteiger partial charge on any atom is -0.481 e. The molecule has 0 aromatic carbocycles. The summed E-state index contributed by atoms with van der Waals surface area (Å²) in [6.45, 7) is 0.967. The van der Waals surface area contributed by atoms with Gasteiger partial charge in [-0.15, -0.1) is 0 Å². The molecule has 1 rings (SSSR count). The molecule has 1 heterocycles. The van der Waals surface area contributed by atoms with Gasteiger partial charge in [-0.2, -0.15) is 13.2 Å². The van der Waals surface area contributed by atoms with Crippen molar-refractivity contribution >= 4 is 0 Å². The van der Waals surface area contributed by atoms with Crippen LogP contribution in [-0.2, 0) is 6.18 Å². The maximum atomic E-state index is 12.6. The van der Waals surface area contributed by atoms with Gasteiger partial charge in [0.05, 0.1) is 18.2 Å². The summed E-state index contributed by atoms with van der Waals surface area (Å²) >= 11 is 0. The molecular weight excluding hydrogens is 233 g/mol. The van der Waals surface area contributed by atoms with E-state index >= 15 is 0 Å². The molecule has 0 spiro atoms. The van der Waals surface area contributed by atoms with Crippen LogP contribution < -0.4 is 4.74 Å². The fourth-order valence-electron chi connectivity index (χ4n) is 1.30. The largest absolute Gasteiger partial charge is 0.481 e. The molecule has 0 atom stereocenters. The molecule has 0 unspecified atom stereocenters. The van der Waals surface area contributed by atoms with Crippen molar-refractivity contribution in [1.29, 1.82) is 0 Å². The summed E-state index contributed by atoms with van der Waals surface area (Å²) in [5.41, 5.74) is -2.56. The minimum absolute atomic E-state index is 0.486. The number of hydrogen-bond donors (Lipinski definition) is 0. The number of ether oxygens (including phenoxy) is 1. The number of alkyl halides is 5. The standard InChI is InChI=1S/C9H8F5NO/c1-4-5(9(12,13)14)3-15-8(16-2)6(4)7(10)11/h3,7H,1-2H3. The topological polar surface area (TPSA) is 22.1 Å². The highest BCUT2D eigenvalue weighted by atomic mass is 19.4. The van der Waals surface area contributed by atoms with Crippen LogP contribution in [0.15, 0.2) is 6.20 Å². The maximum absolute atomic E-state index is 12.6. The molecule has 0 N–H and O–H groups in total. The lowest BCUT2D eigenvalue weighted by molar-refractivity contribution is -0.138. The van der Waals surface area contributed by atoms with Crippen molar-refractivity contribution in [2.75, 3.05) is 7.11 Å². The van der Waals surface area contributed by atoms with Crippen molar-refractivity contribution in [2.24, 2.45) is 0 Å². The van der Waals surface area contributed by atoms with Crippen LogP contribution in [0.5, 0.6) is 5.88 Å². The van der Waals surface area contributed by atoms with Crippen molar-refractivity contribution in [3.05, 3.63) is 22.9 Å². The van der Waals surface area contributed by atoms with Crippen LogP contribution in [0.4, 0.5) is 22.0 Å². The van der Waals surface area contributed by atoms with E-state index in [4.69, 9.17) is 0 Å². The van der Waals surface area contributed by atoms with E-state index in [1.54, 1.807) is 0 Å². The van der Waals surface area contributed by atoms with E-state index in [1.165, 1.54) is 0 Å². The second-order valence-corrected chi connectivity index (χ2v) is 3.02. The summed E-state index contributed by atoms with van der Waals surface area (Å²) < 4.78 is 66.8. The van der Waals surface area contributed by atoms with E-state index in [1.807, 2.05) is 0 Å². The fourth-order valence-corrected chi connectivity index (χ4v) is 1.30. The van der Waals surface area contributed by atoms with Gasteiger partial charge in [0.25, 0.3) is 6.43 Å². The van der Waals surface area contributed by atoms with E-state index in [2.05, 4.69) is 9.72 Å². The zero-order valence-electron chi connectivity index (χ0n) is 8.40. The number of methoxy groups -OCH3 is 1.